The fraction of sp³-hybridized carbons (Fsp3) is 0.423. The molecule has 2 rings (SSSR count). The van der Waals surface area contributed by atoms with Gasteiger partial charge in [0.2, 0.25) is 0 Å². The predicted molar refractivity (Wildman–Crippen MR) is 128 cm³/mol. The van der Waals surface area contributed by atoms with Crippen molar-refractivity contribution >= 4 is 14.6 Å². The third-order valence-corrected chi connectivity index (χ3v) is 10.3. The normalized spacial score (nSPS) is 15.1. The van der Waals surface area contributed by atoms with E-state index in [0.29, 0.717) is 13.2 Å². The monoisotopic (exact) mass is 440 g/mol. The minimum atomic E-state index is -2.13. The number of carbonyl (C=O) groups is 1. The van der Waals surface area contributed by atoms with Crippen LogP contribution in [0.5, 0.6) is 0 Å². The Kier molecular flexibility index (Phi) is 9.38. The minimum absolute atomic E-state index is 0.0137. The molecule has 0 spiro atoms. The highest BCUT2D eigenvalue weighted by molar-refractivity contribution is 6.74. The molecule has 0 saturated carbocycles. The smallest absolute Gasteiger partial charge is 0.193 e. The Morgan fingerprint density at radius 3 is 1.77 bits per heavy atom. The molecule has 5 heteroatoms. The van der Waals surface area contributed by atoms with Crippen LogP contribution in [0.4, 0.5) is 0 Å². The van der Waals surface area contributed by atoms with E-state index in [1.807, 2.05) is 60.7 Å². The van der Waals surface area contributed by atoms with E-state index in [2.05, 4.69) is 40.4 Å². The summed E-state index contributed by atoms with van der Waals surface area (Å²) in [5.74, 6) is 0. The van der Waals surface area contributed by atoms with Crippen LogP contribution >= 0.6 is 0 Å². The zero-order valence-electron chi connectivity index (χ0n) is 19.4. The lowest BCUT2D eigenvalue weighted by Crippen LogP contribution is -2.50. The molecule has 0 unspecified atom stereocenters. The number of aldehydes is 1. The van der Waals surface area contributed by atoms with Gasteiger partial charge in [0, 0.05) is 0 Å². The second kappa shape index (κ2) is 11.5. The number of carbonyl (C=O) groups excluding carboxylic acids is 1. The summed E-state index contributed by atoms with van der Waals surface area (Å²) in [5, 5.41) is 0.0137. The topological polar surface area (TPSA) is 44.8 Å². The van der Waals surface area contributed by atoms with E-state index in [4.69, 9.17) is 13.9 Å². The Bertz CT molecular complexity index is 799. The molecule has 2 aromatic rings. The van der Waals surface area contributed by atoms with E-state index >= 15 is 0 Å². The van der Waals surface area contributed by atoms with Crippen molar-refractivity contribution in [1.82, 2.24) is 0 Å². The Hall–Kier alpha value is -2.05. The van der Waals surface area contributed by atoms with Gasteiger partial charge in [-0.2, -0.15) is 0 Å². The fourth-order valence-corrected chi connectivity index (χ4v) is 4.15. The van der Waals surface area contributed by atoms with Gasteiger partial charge in [-0.1, -0.05) is 87.5 Å². The van der Waals surface area contributed by atoms with Crippen LogP contribution in [0.15, 0.2) is 73.3 Å². The van der Waals surface area contributed by atoms with Gasteiger partial charge in [-0.3, -0.25) is 0 Å². The highest BCUT2D eigenvalue weighted by atomic mass is 28.4. The average Bonchev–Trinajstić information content (AvgIpc) is 2.75. The van der Waals surface area contributed by atoms with Gasteiger partial charge in [-0.15, -0.1) is 6.58 Å². The third kappa shape index (κ3) is 7.54. The van der Waals surface area contributed by atoms with E-state index in [-0.39, 0.29) is 5.04 Å². The molecule has 2 aromatic carbocycles. The Labute approximate surface area is 188 Å². The van der Waals surface area contributed by atoms with E-state index in [0.717, 1.165) is 17.4 Å². The molecule has 0 amide bonds. The maximum Gasteiger partial charge on any atom is 0.193 e. The number of hydrogen-bond donors (Lipinski definition) is 0. The van der Waals surface area contributed by atoms with Gasteiger partial charge in [0.1, 0.15) is 12.2 Å². The zero-order valence-corrected chi connectivity index (χ0v) is 20.4. The summed E-state index contributed by atoms with van der Waals surface area (Å²) in [7, 11) is -2.13. The molecule has 0 fully saturated rings. The maximum atomic E-state index is 12.1. The second-order valence-corrected chi connectivity index (χ2v) is 14.0. The number of ether oxygens (including phenoxy) is 2. The highest BCUT2D eigenvalue weighted by Crippen LogP contribution is 2.38. The van der Waals surface area contributed by atoms with Crippen molar-refractivity contribution in [2.75, 3.05) is 0 Å². The molecule has 0 saturated heterocycles. The minimum Gasteiger partial charge on any atom is -0.408 e. The van der Waals surface area contributed by atoms with Crippen molar-refractivity contribution in [3.8, 4) is 0 Å². The van der Waals surface area contributed by atoms with Crippen LogP contribution < -0.4 is 0 Å². The lowest BCUT2D eigenvalue weighted by Gasteiger charge is -2.41. The first-order valence-electron chi connectivity index (χ1n) is 10.7. The molecule has 168 valence electrons. The first kappa shape index (κ1) is 25.2. The summed E-state index contributed by atoms with van der Waals surface area (Å²) in [6.07, 6.45) is 0.697. The van der Waals surface area contributed by atoms with Crippen molar-refractivity contribution in [1.29, 1.82) is 0 Å². The van der Waals surface area contributed by atoms with Crippen molar-refractivity contribution in [2.45, 2.75) is 70.4 Å². The van der Waals surface area contributed by atoms with Gasteiger partial charge in [0.05, 0.1) is 19.3 Å². The Morgan fingerprint density at radius 1 is 0.871 bits per heavy atom. The second-order valence-electron chi connectivity index (χ2n) is 9.24. The third-order valence-electron chi connectivity index (χ3n) is 5.82. The molecule has 0 aromatic heterocycles. The number of hydrogen-bond acceptors (Lipinski definition) is 4. The van der Waals surface area contributed by atoms with Gasteiger partial charge < -0.3 is 18.7 Å². The molecular formula is C26H36O4Si. The molecule has 0 heterocycles. The Balaban J connectivity index is 2.23. The van der Waals surface area contributed by atoms with Gasteiger partial charge in [0.25, 0.3) is 0 Å². The van der Waals surface area contributed by atoms with Gasteiger partial charge >= 0.3 is 0 Å². The standard InChI is InChI=1S/C26H36O4Si/c1-7-23(30-31(5,6)26(2,3)4)25(29-20-22-16-12-9-13-17-22)24(18-27)28-19-21-14-10-8-11-15-21/h7-18,23-25H,1,19-20H2,2-6H3/t23-,24+,25+/m1/s1. The zero-order chi connectivity index (χ0) is 22.9. The number of rotatable bonds is 12. The molecule has 31 heavy (non-hydrogen) atoms. The summed E-state index contributed by atoms with van der Waals surface area (Å²) >= 11 is 0. The van der Waals surface area contributed by atoms with Crippen molar-refractivity contribution < 1.29 is 18.7 Å². The van der Waals surface area contributed by atoms with Crippen molar-refractivity contribution in [2.24, 2.45) is 0 Å². The molecule has 0 radical (unpaired) electrons. The van der Waals surface area contributed by atoms with Crippen LogP contribution in [0.3, 0.4) is 0 Å². The van der Waals surface area contributed by atoms with Crippen molar-refractivity contribution in [3.05, 3.63) is 84.4 Å². The molecule has 0 bridgehead atoms. The molecule has 0 aliphatic carbocycles. The largest absolute Gasteiger partial charge is 0.408 e. The molecule has 0 aliphatic heterocycles. The fourth-order valence-electron chi connectivity index (χ4n) is 2.89. The summed E-state index contributed by atoms with van der Waals surface area (Å²) in [4.78, 5) is 12.1. The molecule has 0 aliphatic rings. The van der Waals surface area contributed by atoms with Crippen LogP contribution in [-0.2, 0) is 31.9 Å². The summed E-state index contributed by atoms with van der Waals surface area (Å²) in [6.45, 7) is 15.6. The molecular weight excluding hydrogens is 404 g/mol. The quantitative estimate of drug-likeness (QED) is 0.233. The molecule has 4 nitrogen and oxygen atoms in total. The predicted octanol–water partition coefficient (Wildman–Crippen LogP) is 5.93. The molecule has 3 atom stereocenters. The first-order chi connectivity index (χ1) is 14.7. The number of benzene rings is 2. The van der Waals surface area contributed by atoms with Crippen LogP contribution in [-0.4, -0.2) is 32.9 Å². The summed E-state index contributed by atoms with van der Waals surface area (Å²) in [5.41, 5.74) is 2.02. The van der Waals surface area contributed by atoms with Gasteiger partial charge in [0.15, 0.2) is 14.6 Å². The molecule has 0 N–H and O–H groups in total. The van der Waals surface area contributed by atoms with E-state index < -0.39 is 26.6 Å². The van der Waals surface area contributed by atoms with Crippen LogP contribution in [0.1, 0.15) is 31.9 Å². The highest BCUT2D eigenvalue weighted by Gasteiger charge is 2.42. The van der Waals surface area contributed by atoms with Crippen molar-refractivity contribution in [3.63, 3.8) is 0 Å². The van der Waals surface area contributed by atoms with E-state index in [1.165, 1.54) is 0 Å². The summed E-state index contributed by atoms with van der Waals surface area (Å²) < 4.78 is 18.9. The van der Waals surface area contributed by atoms with Crippen LogP contribution in [0.2, 0.25) is 18.1 Å². The lowest BCUT2D eigenvalue weighted by molar-refractivity contribution is -0.142. The SMILES string of the molecule is C=C[C@@H](O[Si](C)(C)C(C)(C)C)[C@H](OCc1ccccc1)[C@H](C=O)OCc1ccccc1. The van der Waals surface area contributed by atoms with Gasteiger partial charge in [-0.05, 0) is 29.3 Å². The lowest BCUT2D eigenvalue weighted by atomic mass is 10.1. The average molecular weight is 441 g/mol. The maximum absolute atomic E-state index is 12.1. The van der Waals surface area contributed by atoms with E-state index in [9.17, 15) is 4.79 Å². The summed E-state index contributed by atoms with van der Waals surface area (Å²) in [6, 6.07) is 19.7. The van der Waals surface area contributed by atoms with Gasteiger partial charge in [-0.25, -0.2) is 0 Å². The van der Waals surface area contributed by atoms with Crippen LogP contribution in [0, 0.1) is 0 Å². The Morgan fingerprint density at radius 2 is 1.35 bits per heavy atom. The van der Waals surface area contributed by atoms with Crippen LogP contribution in [0.25, 0.3) is 0 Å². The first-order valence-corrected chi connectivity index (χ1v) is 13.7. The van der Waals surface area contributed by atoms with E-state index in [1.54, 1.807) is 6.08 Å².